The Kier molecular flexibility index (Phi) is 6.89. The van der Waals surface area contributed by atoms with Gasteiger partial charge in [-0.2, -0.15) is 0 Å². The molecule has 1 atom stereocenters. The molecule has 0 aromatic heterocycles. The molecule has 0 spiro atoms. The standard InChI is InChI=1S/C22H28N4O2/c1-3-23-22(24-12-13-28-20-11-7-4-8-16(20)2)25-15-17-14-21(27)26-19-10-6-5-9-18(17)19/h4-11,17H,3,12-15H2,1-2H3,(H,26,27)(H2,23,24,25). The highest BCUT2D eigenvalue weighted by Gasteiger charge is 2.24. The number of amides is 1. The lowest BCUT2D eigenvalue weighted by Gasteiger charge is -2.24. The number of aliphatic imine (C=N–C) groups is 1. The molecule has 1 aliphatic rings. The SMILES string of the molecule is CCNC(=NCC1CC(=O)Nc2ccccc21)NCCOc1ccccc1C. The maximum absolute atomic E-state index is 12.0. The number of nitrogens with one attached hydrogen (secondary N) is 3. The van der Waals surface area contributed by atoms with Gasteiger partial charge in [0.05, 0.1) is 13.1 Å². The second kappa shape index (κ2) is 9.78. The summed E-state index contributed by atoms with van der Waals surface area (Å²) in [7, 11) is 0. The van der Waals surface area contributed by atoms with Crippen molar-refractivity contribution >= 4 is 17.6 Å². The first-order chi connectivity index (χ1) is 13.7. The van der Waals surface area contributed by atoms with Gasteiger partial charge in [0.2, 0.25) is 5.91 Å². The van der Waals surface area contributed by atoms with E-state index in [0.29, 0.717) is 26.1 Å². The Morgan fingerprint density at radius 3 is 2.79 bits per heavy atom. The molecule has 0 aliphatic carbocycles. The van der Waals surface area contributed by atoms with Crippen molar-refractivity contribution in [2.24, 2.45) is 4.99 Å². The van der Waals surface area contributed by atoms with Crippen LogP contribution in [0.3, 0.4) is 0 Å². The van der Waals surface area contributed by atoms with E-state index in [2.05, 4.69) is 22.0 Å². The first kappa shape index (κ1) is 19.7. The lowest BCUT2D eigenvalue weighted by atomic mass is 9.91. The molecule has 1 aliphatic heterocycles. The maximum Gasteiger partial charge on any atom is 0.225 e. The van der Waals surface area contributed by atoms with Crippen molar-refractivity contribution in [3.63, 3.8) is 0 Å². The van der Waals surface area contributed by atoms with Gasteiger partial charge in [-0.3, -0.25) is 9.79 Å². The predicted molar refractivity (Wildman–Crippen MR) is 113 cm³/mol. The minimum absolute atomic E-state index is 0.0449. The van der Waals surface area contributed by atoms with E-state index < -0.39 is 0 Å². The summed E-state index contributed by atoms with van der Waals surface area (Å²) in [5.41, 5.74) is 3.16. The molecule has 3 N–H and O–H groups in total. The first-order valence-electron chi connectivity index (χ1n) is 9.76. The van der Waals surface area contributed by atoms with E-state index in [1.54, 1.807) is 0 Å². The summed E-state index contributed by atoms with van der Waals surface area (Å²) >= 11 is 0. The third-order valence-corrected chi connectivity index (χ3v) is 4.67. The van der Waals surface area contributed by atoms with Crippen LogP contribution in [0.15, 0.2) is 53.5 Å². The van der Waals surface area contributed by atoms with Gasteiger partial charge in [0.1, 0.15) is 12.4 Å². The van der Waals surface area contributed by atoms with Crippen molar-refractivity contribution in [2.45, 2.75) is 26.2 Å². The number of nitrogens with zero attached hydrogens (tertiary/aromatic N) is 1. The number of benzene rings is 2. The summed E-state index contributed by atoms with van der Waals surface area (Å²) < 4.78 is 5.82. The number of carbonyl (C=O) groups is 1. The number of hydrogen-bond donors (Lipinski definition) is 3. The quantitative estimate of drug-likeness (QED) is 0.392. The highest BCUT2D eigenvalue weighted by molar-refractivity contribution is 5.94. The second-order valence-electron chi connectivity index (χ2n) is 6.80. The largest absolute Gasteiger partial charge is 0.491 e. The molecule has 2 aromatic rings. The van der Waals surface area contributed by atoms with Gasteiger partial charge in [-0.25, -0.2) is 0 Å². The molecule has 0 radical (unpaired) electrons. The van der Waals surface area contributed by atoms with E-state index in [-0.39, 0.29) is 11.8 Å². The molecule has 6 nitrogen and oxygen atoms in total. The average Bonchev–Trinajstić information content (AvgIpc) is 2.70. The van der Waals surface area contributed by atoms with Crippen LogP contribution >= 0.6 is 0 Å². The summed E-state index contributed by atoms with van der Waals surface area (Å²) in [6.07, 6.45) is 0.455. The molecule has 148 valence electrons. The Morgan fingerprint density at radius 1 is 1.18 bits per heavy atom. The van der Waals surface area contributed by atoms with E-state index in [1.165, 1.54) is 0 Å². The molecule has 1 heterocycles. The fourth-order valence-corrected chi connectivity index (χ4v) is 3.26. The number of guanidine groups is 1. The van der Waals surface area contributed by atoms with E-state index >= 15 is 0 Å². The molecule has 3 rings (SSSR count). The monoisotopic (exact) mass is 380 g/mol. The minimum Gasteiger partial charge on any atom is -0.491 e. The molecular formula is C22H28N4O2. The third-order valence-electron chi connectivity index (χ3n) is 4.67. The zero-order valence-corrected chi connectivity index (χ0v) is 16.5. The third kappa shape index (κ3) is 5.25. The number of carbonyl (C=O) groups excluding carboxylic acids is 1. The Morgan fingerprint density at radius 2 is 1.96 bits per heavy atom. The fraction of sp³-hybridized carbons (Fsp3) is 0.364. The van der Waals surface area contributed by atoms with Crippen LogP contribution in [0.2, 0.25) is 0 Å². The number of rotatable bonds is 7. The molecule has 0 saturated carbocycles. The molecule has 6 heteroatoms. The summed E-state index contributed by atoms with van der Waals surface area (Å²) in [4.78, 5) is 16.7. The van der Waals surface area contributed by atoms with E-state index in [4.69, 9.17) is 9.73 Å². The van der Waals surface area contributed by atoms with Gasteiger partial charge in [0, 0.05) is 24.6 Å². The number of para-hydroxylation sites is 2. The van der Waals surface area contributed by atoms with Gasteiger partial charge in [-0.1, -0.05) is 36.4 Å². The smallest absolute Gasteiger partial charge is 0.225 e. The van der Waals surface area contributed by atoms with Crippen LogP contribution in [0.1, 0.15) is 30.4 Å². The highest BCUT2D eigenvalue weighted by atomic mass is 16.5. The normalized spacial score (nSPS) is 16.1. The number of ether oxygens (including phenoxy) is 1. The molecule has 1 unspecified atom stereocenters. The average molecular weight is 380 g/mol. The number of fused-ring (bicyclic) bond motifs is 1. The molecular weight excluding hydrogens is 352 g/mol. The van der Waals surface area contributed by atoms with Gasteiger partial charge < -0.3 is 20.7 Å². The second-order valence-corrected chi connectivity index (χ2v) is 6.80. The van der Waals surface area contributed by atoms with Gasteiger partial charge in [-0.15, -0.1) is 0 Å². The molecule has 0 fully saturated rings. The topological polar surface area (TPSA) is 74.8 Å². The van der Waals surface area contributed by atoms with Gasteiger partial charge in [0.15, 0.2) is 5.96 Å². The zero-order chi connectivity index (χ0) is 19.8. The molecule has 0 saturated heterocycles. The van der Waals surface area contributed by atoms with E-state index in [9.17, 15) is 4.79 Å². The number of anilines is 1. The highest BCUT2D eigenvalue weighted by Crippen LogP contribution is 2.31. The zero-order valence-electron chi connectivity index (χ0n) is 16.5. The van der Waals surface area contributed by atoms with Crippen LogP contribution in [0.5, 0.6) is 5.75 Å². The first-order valence-corrected chi connectivity index (χ1v) is 9.76. The summed E-state index contributed by atoms with van der Waals surface area (Å²) in [5, 5.41) is 9.48. The Bertz CT molecular complexity index is 835. The predicted octanol–water partition coefficient (Wildman–Crippen LogP) is 3.05. The lowest BCUT2D eigenvalue weighted by Crippen LogP contribution is -2.39. The summed E-state index contributed by atoms with van der Waals surface area (Å²) in [6.45, 7) is 6.58. The van der Waals surface area contributed by atoms with Crippen LogP contribution < -0.4 is 20.7 Å². The molecule has 2 aromatic carbocycles. The summed E-state index contributed by atoms with van der Waals surface area (Å²) in [5.74, 6) is 1.77. The van der Waals surface area contributed by atoms with Crippen LogP contribution in [-0.4, -0.2) is 38.1 Å². The van der Waals surface area contributed by atoms with Crippen molar-refractivity contribution in [1.82, 2.24) is 10.6 Å². The van der Waals surface area contributed by atoms with Crippen molar-refractivity contribution in [3.05, 3.63) is 59.7 Å². The van der Waals surface area contributed by atoms with Crippen molar-refractivity contribution in [3.8, 4) is 5.75 Å². The minimum atomic E-state index is 0.0449. The van der Waals surface area contributed by atoms with Gasteiger partial charge in [0.25, 0.3) is 0 Å². The molecule has 0 bridgehead atoms. The number of aryl methyl sites for hydroxylation is 1. The number of hydrogen-bond acceptors (Lipinski definition) is 3. The van der Waals surface area contributed by atoms with Crippen LogP contribution in [0.4, 0.5) is 5.69 Å². The maximum atomic E-state index is 12.0. The van der Waals surface area contributed by atoms with Crippen LogP contribution in [-0.2, 0) is 4.79 Å². The van der Waals surface area contributed by atoms with Crippen LogP contribution in [0.25, 0.3) is 0 Å². The molecule has 1 amide bonds. The fourth-order valence-electron chi connectivity index (χ4n) is 3.26. The van der Waals surface area contributed by atoms with Gasteiger partial charge >= 0.3 is 0 Å². The van der Waals surface area contributed by atoms with Crippen LogP contribution in [0, 0.1) is 6.92 Å². The van der Waals surface area contributed by atoms with E-state index in [0.717, 1.165) is 35.1 Å². The van der Waals surface area contributed by atoms with Crippen molar-refractivity contribution in [2.75, 3.05) is 31.6 Å². The van der Waals surface area contributed by atoms with Crippen molar-refractivity contribution in [1.29, 1.82) is 0 Å². The lowest BCUT2D eigenvalue weighted by molar-refractivity contribution is -0.116. The Balaban J connectivity index is 1.56. The van der Waals surface area contributed by atoms with E-state index in [1.807, 2.05) is 56.3 Å². The summed E-state index contributed by atoms with van der Waals surface area (Å²) in [6, 6.07) is 15.9. The Hall–Kier alpha value is -3.02. The molecule has 28 heavy (non-hydrogen) atoms. The van der Waals surface area contributed by atoms with Gasteiger partial charge in [-0.05, 0) is 37.1 Å². The van der Waals surface area contributed by atoms with Crippen molar-refractivity contribution < 1.29 is 9.53 Å². The Labute approximate surface area is 166 Å².